The molecule has 5 aromatic carbocycles. The first-order chi connectivity index (χ1) is 31.0. The van der Waals surface area contributed by atoms with Gasteiger partial charge in [0.2, 0.25) is 0 Å². The summed E-state index contributed by atoms with van der Waals surface area (Å²) in [6.45, 7) is 53.7. The maximum atomic E-state index is 2.29. The monoisotopic (exact) mass is 897 g/mol. The Balaban J connectivity index is -0.000000724. The van der Waals surface area contributed by atoms with Crippen LogP contribution in [-0.4, -0.2) is 0 Å². The zero-order chi connectivity index (χ0) is 51.8. The molecule has 7 rings (SSSR count). The highest BCUT2D eigenvalue weighted by Gasteiger charge is 2.18. The number of benzene rings is 5. The molecule has 0 aliphatic heterocycles. The normalized spacial score (nSPS) is 12.3. The third kappa shape index (κ3) is 26.1. The maximum Gasteiger partial charge on any atom is -0.0126 e. The highest BCUT2D eigenvalue weighted by molar-refractivity contribution is 5.86. The molecule has 0 unspecified atom stereocenters. The second kappa shape index (κ2) is 34.0. The second-order valence-electron chi connectivity index (χ2n) is 20.3. The zero-order valence-corrected chi connectivity index (χ0v) is 47.8. The molecule has 0 nitrogen and oxygen atoms in total. The first-order valence-corrected chi connectivity index (χ1v) is 25.7. The second-order valence-corrected chi connectivity index (χ2v) is 20.3. The van der Waals surface area contributed by atoms with E-state index in [1.165, 1.54) is 43.8 Å². The van der Waals surface area contributed by atoms with Crippen LogP contribution in [0.4, 0.5) is 0 Å². The first kappa shape index (κ1) is 65.9. The number of hydrogen-bond donors (Lipinski definition) is 0. The topological polar surface area (TPSA) is 0 Å². The summed E-state index contributed by atoms with van der Waals surface area (Å²) in [6, 6.07) is 40.9. The minimum absolute atomic E-state index is 0.223. The van der Waals surface area contributed by atoms with Gasteiger partial charge in [0.25, 0.3) is 0 Å². The molecular weight excluding hydrogens is 793 g/mol. The number of allylic oxidation sites excluding steroid dienone is 8. The molecule has 0 atom stereocenters. The molecular formula is C66H104. The third-order valence-electron chi connectivity index (χ3n) is 10.2. The maximum absolute atomic E-state index is 2.29. The Labute approximate surface area is 412 Å². The minimum Gasteiger partial charge on any atom is -0.0804 e. The molecule has 2 aliphatic rings. The van der Waals surface area contributed by atoms with Crippen molar-refractivity contribution in [3.05, 3.63) is 180 Å². The van der Waals surface area contributed by atoms with Crippen molar-refractivity contribution in [2.24, 2.45) is 10.8 Å². The first-order valence-electron chi connectivity index (χ1n) is 25.7. The van der Waals surface area contributed by atoms with Gasteiger partial charge in [0.15, 0.2) is 0 Å². The third-order valence-corrected chi connectivity index (χ3v) is 10.2. The van der Waals surface area contributed by atoms with Crippen LogP contribution in [0.3, 0.4) is 0 Å². The fraction of sp³-hybridized carbons (Fsp3) is 0.485. The van der Waals surface area contributed by atoms with Crippen LogP contribution >= 0.6 is 0 Å². The molecule has 0 aromatic heterocycles. The van der Waals surface area contributed by atoms with Gasteiger partial charge in [0.05, 0.1) is 0 Å². The summed E-state index contributed by atoms with van der Waals surface area (Å²) in [5.41, 5.74) is 8.73. The van der Waals surface area contributed by atoms with Crippen LogP contribution in [0.25, 0.3) is 21.5 Å². The van der Waals surface area contributed by atoms with Crippen LogP contribution in [0.5, 0.6) is 0 Å². The molecule has 0 radical (unpaired) electrons. The lowest BCUT2D eigenvalue weighted by atomic mass is 9.84. The Morgan fingerprint density at radius 3 is 1.21 bits per heavy atom. The summed E-state index contributed by atoms with van der Waals surface area (Å²) < 4.78 is 0. The Morgan fingerprint density at radius 2 is 0.833 bits per heavy atom. The molecule has 66 heavy (non-hydrogen) atoms. The van der Waals surface area contributed by atoms with Crippen molar-refractivity contribution in [1.82, 2.24) is 0 Å². The van der Waals surface area contributed by atoms with Gasteiger partial charge in [-0.15, -0.1) is 0 Å². The average Bonchev–Trinajstić information content (AvgIpc) is 4.07. The highest BCUT2D eigenvalue weighted by atomic mass is 14.2. The summed E-state index contributed by atoms with van der Waals surface area (Å²) >= 11 is 0. The van der Waals surface area contributed by atoms with Crippen LogP contribution in [-0.2, 0) is 16.2 Å². The molecule has 0 saturated heterocycles. The lowest BCUT2D eigenvalue weighted by Gasteiger charge is -2.21. The van der Waals surface area contributed by atoms with E-state index < -0.39 is 0 Å². The minimum atomic E-state index is 0.223. The van der Waals surface area contributed by atoms with Crippen LogP contribution in [0.2, 0.25) is 0 Å². The molecule has 0 N–H and O–H groups in total. The lowest BCUT2D eigenvalue weighted by molar-refractivity contribution is 0.496. The van der Waals surface area contributed by atoms with Gasteiger partial charge >= 0.3 is 0 Å². The number of fused-ring (bicyclic) bond motifs is 2. The Morgan fingerprint density at radius 1 is 0.364 bits per heavy atom. The van der Waals surface area contributed by atoms with Crippen molar-refractivity contribution in [2.45, 2.75) is 202 Å². The van der Waals surface area contributed by atoms with Crippen LogP contribution in [0.1, 0.15) is 203 Å². The predicted octanol–water partition coefficient (Wildman–Crippen LogP) is 22.2. The molecule has 0 amide bonds. The van der Waals surface area contributed by atoms with Gasteiger partial charge in [-0.05, 0) is 83.7 Å². The van der Waals surface area contributed by atoms with E-state index in [0.29, 0.717) is 16.2 Å². The molecule has 0 heteroatoms. The van der Waals surface area contributed by atoms with Crippen molar-refractivity contribution >= 4 is 21.5 Å². The van der Waals surface area contributed by atoms with Crippen molar-refractivity contribution < 1.29 is 0 Å². The fourth-order valence-electron chi connectivity index (χ4n) is 6.49. The van der Waals surface area contributed by atoms with Gasteiger partial charge in [-0.25, -0.2) is 0 Å². The SMILES string of the molecule is CC.CC.CC.CC.CC.CC(C)(C)C1=CC=CC1.CC(C)(C)C1=CCC=C1.CC(C)(C)c1ccc2ccccc2c1.CC(C)(C)c1cccc2ccccc12.CC(C)(C)c1ccccc1. The van der Waals surface area contributed by atoms with E-state index >= 15 is 0 Å². The van der Waals surface area contributed by atoms with Gasteiger partial charge in [0.1, 0.15) is 0 Å². The van der Waals surface area contributed by atoms with Gasteiger partial charge in [-0.3, -0.25) is 0 Å². The lowest BCUT2D eigenvalue weighted by Crippen LogP contribution is -2.11. The van der Waals surface area contributed by atoms with E-state index in [1.807, 2.05) is 69.2 Å². The molecule has 0 bridgehead atoms. The van der Waals surface area contributed by atoms with Crippen molar-refractivity contribution in [2.75, 3.05) is 0 Å². The zero-order valence-electron chi connectivity index (χ0n) is 47.8. The predicted molar refractivity (Wildman–Crippen MR) is 310 cm³/mol. The summed E-state index contributed by atoms with van der Waals surface area (Å²) in [4.78, 5) is 0. The fourth-order valence-corrected chi connectivity index (χ4v) is 6.49. The standard InChI is InChI=1S/2C14H16.C10H14.2C9H14.5C2H6/c1-14(2,3)13-10-6-8-11-7-4-5-9-12(11)13;1-14(2,3)13-9-8-11-6-4-5-7-12(11)10-13;1-10(2,3)9-7-5-4-6-8-9;2*1-9(2,3)8-6-4-5-7-8;5*1-2/h2*4-10H,1-3H3;4-8H,1-3H3;4,6-7H,5H2,1-3H3;4-6H,7H2,1-3H3;5*1-2H3. The van der Waals surface area contributed by atoms with E-state index in [-0.39, 0.29) is 10.8 Å². The molecule has 0 fully saturated rings. The molecule has 0 heterocycles. The highest BCUT2D eigenvalue weighted by Crippen LogP contribution is 2.32. The van der Waals surface area contributed by atoms with Crippen molar-refractivity contribution in [1.29, 1.82) is 0 Å². The van der Waals surface area contributed by atoms with E-state index in [4.69, 9.17) is 0 Å². The van der Waals surface area contributed by atoms with Crippen LogP contribution < -0.4 is 0 Å². The molecule has 5 aromatic rings. The number of hydrogen-bond acceptors (Lipinski definition) is 0. The van der Waals surface area contributed by atoms with Crippen LogP contribution in [0.15, 0.2) is 163 Å². The van der Waals surface area contributed by atoms with E-state index in [2.05, 4.69) is 256 Å². The van der Waals surface area contributed by atoms with Crippen molar-refractivity contribution in [3.63, 3.8) is 0 Å². The van der Waals surface area contributed by atoms with E-state index in [0.717, 1.165) is 12.8 Å². The molecule has 2 aliphatic carbocycles. The van der Waals surface area contributed by atoms with Gasteiger partial charge in [-0.2, -0.15) is 0 Å². The van der Waals surface area contributed by atoms with Gasteiger partial charge < -0.3 is 0 Å². The quantitative estimate of drug-likeness (QED) is 0.145. The average molecular weight is 898 g/mol. The molecule has 368 valence electrons. The molecule has 0 spiro atoms. The summed E-state index contributed by atoms with van der Waals surface area (Å²) in [7, 11) is 0. The Hall–Kier alpha value is -4.42. The summed E-state index contributed by atoms with van der Waals surface area (Å²) in [5.74, 6) is 0. The van der Waals surface area contributed by atoms with Crippen molar-refractivity contribution in [3.8, 4) is 0 Å². The van der Waals surface area contributed by atoms with Gasteiger partial charge in [-0.1, -0.05) is 330 Å². The smallest absolute Gasteiger partial charge is 0.0126 e. The van der Waals surface area contributed by atoms with E-state index in [1.54, 1.807) is 5.57 Å². The van der Waals surface area contributed by atoms with E-state index in [9.17, 15) is 0 Å². The molecule has 0 saturated carbocycles. The number of rotatable bonds is 0. The summed E-state index contributed by atoms with van der Waals surface area (Å²) in [5, 5.41) is 5.36. The Kier molecular flexibility index (Phi) is 33.9. The summed E-state index contributed by atoms with van der Waals surface area (Å²) in [6.07, 6.45) is 15.6. The largest absolute Gasteiger partial charge is 0.0804 e. The Bertz CT molecular complexity index is 2060. The van der Waals surface area contributed by atoms with Gasteiger partial charge in [0, 0.05) is 0 Å². The van der Waals surface area contributed by atoms with Crippen LogP contribution in [0, 0.1) is 10.8 Å².